The molecular formula is C11H14N4O2. The van der Waals surface area contributed by atoms with Gasteiger partial charge in [0.1, 0.15) is 5.76 Å². The third-order valence-electron chi connectivity index (χ3n) is 2.64. The summed E-state index contributed by atoms with van der Waals surface area (Å²) in [5.41, 5.74) is 7.64. The summed E-state index contributed by atoms with van der Waals surface area (Å²) in [6.45, 7) is 4.27. The van der Waals surface area contributed by atoms with Crippen LogP contribution in [0.3, 0.4) is 0 Å². The molecule has 0 atom stereocenters. The Bertz CT molecular complexity index is 522. The van der Waals surface area contributed by atoms with Crippen molar-refractivity contribution in [2.45, 2.75) is 20.4 Å². The number of ketones is 1. The highest BCUT2D eigenvalue weighted by Gasteiger charge is 2.11. The molecule has 0 saturated carbocycles. The van der Waals surface area contributed by atoms with Crippen molar-refractivity contribution in [3.8, 4) is 0 Å². The molecule has 0 aliphatic heterocycles. The molecule has 0 saturated heterocycles. The molecule has 2 N–H and O–H groups in total. The van der Waals surface area contributed by atoms with E-state index >= 15 is 0 Å². The lowest BCUT2D eigenvalue weighted by atomic mass is 10.2. The second-order valence-corrected chi connectivity index (χ2v) is 3.86. The maximum atomic E-state index is 11.4. The van der Waals surface area contributed by atoms with Crippen LogP contribution in [-0.4, -0.2) is 27.3 Å². The van der Waals surface area contributed by atoms with Gasteiger partial charge in [-0.1, -0.05) is 5.16 Å². The average molecular weight is 234 g/mol. The van der Waals surface area contributed by atoms with E-state index in [1.54, 1.807) is 10.9 Å². The normalized spacial score (nSPS) is 10.8. The SMILES string of the molecule is Cc1noc(C)c1Cn1cc(C(=O)CN)cn1. The zero-order valence-electron chi connectivity index (χ0n) is 9.80. The van der Waals surface area contributed by atoms with Crippen molar-refractivity contribution in [1.82, 2.24) is 14.9 Å². The van der Waals surface area contributed by atoms with E-state index in [-0.39, 0.29) is 12.3 Å². The molecule has 0 aliphatic rings. The standard InChI is InChI=1S/C11H14N4O2/c1-7-10(8(2)17-14-7)6-15-5-9(4-13-15)11(16)3-12/h4-5H,3,6,12H2,1-2H3. The third-order valence-corrected chi connectivity index (χ3v) is 2.64. The van der Waals surface area contributed by atoms with E-state index in [1.807, 2.05) is 13.8 Å². The molecule has 2 rings (SSSR count). The van der Waals surface area contributed by atoms with Crippen molar-refractivity contribution in [1.29, 1.82) is 0 Å². The first-order valence-electron chi connectivity index (χ1n) is 5.29. The zero-order valence-corrected chi connectivity index (χ0v) is 9.80. The van der Waals surface area contributed by atoms with Gasteiger partial charge in [0.2, 0.25) is 0 Å². The molecule has 0 unspecified atom stereocenters. The zero-order chi connectivity index (χ0) is 12.4. The van der Waals surface area contributed by atoms with Crippen LogP contribution in [0.4, 0.5) is 0 Å². The van der Waals surface area contributed by atoms with E-state index in [1.165, 1.54) is 6.20 Å². The van der Waals surface area contributed by atoms with E-state index in [4.69, 9.17) is 10.3 Å². The molecule has 0 radical (unpaired) electrons. The van der Waals surface area contributed by atoms with Crippen LogP contribution in [0.5, 0.6) is 0 Å². The predicted molar refractivity (Wildman–Crippen MR) is 60.7 cm³/mol. The minimum absolute atomic E-state index is 0.00296. The number of nitrogens with zero attached hydrogens (tertiary/aromatic N) is 3. The van der Waals surface area contributed by atoms with E-state index < -0.39 is 0 Å². The highest BCUT2D eigenvalue weighted by atomic mass is 16.5. The third kappa shape index (κ3) is 2.26. The number of aromatic nitrogens is 3. The molecular weight excluding hydrogens is 220 g/mol. The minimum atomic E-state index is -0.116. The van der Waals surface area contributed by atoms with Gasteiger partial charge in [0.25, 0.3) is 0 Å². The molecule has 0 spiro atoms. The van der Waals surface area contributed by atoms with Crippen molar-refractivity contribution in [3.63, 3.8) is 0 Å². The number of rotatable bonds is 4. The number of nitrogens with two attached hydrogens (primary N) is 1. The highest BCUT2D eigenvalue weighted by Crippen LogP contribution is 2.13. The monoisotopic (exact) mass is 234 g/mol. The quantitative estimate of drug-likeness (QED) is 0.786. The number of hydrogen-bond acceptors (Lipinski definition) is 5. The summed E-state index contributed by atoms with van der Waals surface area (Å²) in [7, 11) is 0. The van der Waals surface area contributed by atoms with Gasteiger partial charge in [0, 0.05) is 11.8 Å². The Hall–Kier alpha value is -1.95. The Morgan fingerprint density at radius 2 is 2.29 bits per heavy atom. The first-order valence-corrected chi connectivity index (χ1v) is 5.29. The van der Waals surface area contributed by atoms with Crippen LogP contribution < -0.4 is 5.73 Å². The summed E-state index contributed by atoms with van der Waals surface area (Å²) in [6, 6.07) is 0. The van der Waals surface area contributed by atoms with Crippen molar-refractivity contribution in [2.75, 3.05) is 6.54 Å². The topological polar surface area (TPSA) is 86.9 Å². The molecule has 0 aromatic carbocycles. The second kappa shape index (κ2) is 4.50. The molecule has 0 fully saturated rings. The van der Waals surface area contributed by atoms with Crippen molar-refractivity contribution in [2.24, 2.45) is 5.73 Å². The summed E-state index contributed by atoms with van der Waals surface area (Å²) < 4.78 is 6.74. The maximum Gasteiger partial charge on any atom is 0.179 e. The molecule has 2 aromatic heterocycles. The number of carbonyl (C=O) groups is 1. The van der Waals surface area contributed by atoms with Crippen LogP contribution in [0.2, 0.25) is 0 Å². The van der Waals surface area contributed by atoms with Gasteiger partial charge in [-0.2, -0.15) is 5.10 Å². The van der Waals surface area contributed by atoms with Crippen LogP contribution in [0, 0.1) is 13.8 Å². The first-order chi connectivity index (χ1) is 8.11. The number of Topliss-reactive ketones (excluding diaryl/α,β-unsaturated/α-hetero) is 1. The van der Waals surface area contributed by atoms with Crippen LogP contribution in [0.25, 0.3) is 0 Å². The van der Waals surface area contributed by atoms with Gasteiger partial charge in [-0.25, -0.2) is 0 Å². The lowest BCUT2D eigenvalue weighted by Crippen LogP contribution is -2.12. The largest absolute Gasteiger partial charge is 0.361 e. The number of carbonyl (C=O) groups excluding carboxylic acids is 1. The molecule has 90 valence electrons. The molecule has 17 heavy (non-hydrogen) atoms. The van der Waals surface area contributed by atoms with Gasteiger partial charge in [0.15, 0.2) is 5.78 Å². The average Bonchev–Trinajstić information content (AvgIpc) is 2.90. The molecule has 6 nitrogen and oxygen atoms in total. The summed E-state index contributed by atoms with van der Waals surface area (Å²) >= 11 is 0. The maximum absolute atomic E-state index is 11.4. The molecule has 2 aromatic rings. The van der Waals surface area contributed by atoms with Crippen molar-refractivity contribution >= 4 is 5.78 Å². The molecule has 0 aliphatic carbocycles. The fraction of sp³-hybridized carbons (Fsp3) is 0.364. The fourth-order valence-corrected chi connectivity index (χ4v) is 1.60. The van der Waals surface area contributed by atoms with Crippen molar-refractivity contribution < 1.29 is 9.32 Å². The number of hydrogen-bond donors (Lipinski definition) is 1. The van der Waals surface area contributed by atoms with Gasteiger partial charge in [-0.3, -0.25) is 9.48 Å². The Labute approximate surface area is 98.4 Å². The van der Waals surface area contributed by atoms with Gasteiger partial charge >= 0.3 is 0 Å². The summed E-state index contributed by atoms with van der Waals surface area (Å²) in [5.74, 6) is 0.653. The molecule has 0 bridgehead atoms. The van der Waals surface area contributed by atoms with Crippen LogP contribution in [0.1, 0.15) is 27.4 Å². The molecule has 0 amide bonds. The van der Waals surface area contributed by atoms with Crippen LogP contribution >= 0.6 is 0 Å². The van der Waals surface area contributed by atoms with Gasteiger partial charge in [-0.05, 0) is 13.8 Å². The summed E-state index contributed by atoms with van der Waals surface area (Å²) in [4.78, 5) is 11.4. The second-order valence-electron chi connectivity index (χ2n) is 3.86. The highest BCUT2D eigenvalue weighted by molar-refractivity contribution is 5.96. The smallest absolute Gasteiger partial charge is 0.179 e. The van der Waals surface area contributed by atoms with E-state index in [9.17, 15) is 4.79 Å². The lowest BCUT2D eigenvalue weighted by molar-refractivity contribution is 0.100. The lowest BCUT2D eigenvalue weighted by Gasteiger charge is -1.99. The van der Waals surface area contributed by atoms with Gasteiger partial charge in [0.05, 0.1) is 30.5 Å². The van der Waals surface area contributed by atoms with Gasteiger partial charge in [-0.15, -0.1) is 0 Å². The summed E-state index contributed by atoms with van der Waals surface area (Å²) in [6.07, 6.45) is 3.20. The van der Waals surface area contributed by atoms with E-state index in [0.29, 0.717) is 12.1 Å². The minimum Gasteiger partial charge on any atom is -0.361 e. The number of aryl methyl sites for hydroxylation is 2. The Morgan fingerprint density at radius 3 is 2.88 bits per heavy atom. The van der Waals surface area contributed by atoms with Crippen LogP contribution in [-0.2, 0) is 6.54 Å². The van der Waals surface area contributed by atoms with Gasteiger partial charge < -0.3 is 10.3 Å². The molecule has 2 heterocycles. The Morgan fingerprint density at radius 1 is 1.53 bits per heavy atom. The molecule has 6 heteroatoms. The predicted octanol–water partition coefficient (Wildman–Crippen LogP) is 0.678. The van der Waals surface area contributed by atoms with E-state index in [0.717, 1.165) is 17.0 Å². The summed E-state index contributed by atoms with van der Waals surface area (Å²) in [5, 5.41) is 7.98. The van der Waals surface area contributed by atoms with Crippen LogP contribution in [0.15, 0.2) is 16.9 Å². The Balaban J connectivity index is 2.20. The van der Waals surface area contributed by atoms with Crippen molar-refractivity contribution in [3.05, 3.63) is 35.0 Å². The first kappa shape index (κ1) is 11.5. The van der Waals surface area contributed by atoms with E-state index in [2.05, 4.69) is 10.3 Å². The Kier molecular flexibility index (Phi) is 3.06. The fourth-order valence-electron chi connectivity index (χ4n) is 1.60.